The Kier molecular flexibility index (Phi) is 8.66. The molecule has 12 aromatic carbocycles. The van der Waals surface area contributed by atoms with Crippen molar-refractivity contribution in [3.63, 3.8) is 0 Å². The van der Waals surface area contributed by atoms with Crippen LogP contribution >= 0.6 is 0 Å². The Hall–Kier alpha value is -10.5. The maximum atomic E-state index is 7.79. The highest BCUT2D eigenvalue weighted by Gasteiger charge is 2.44. The second-order valence-electron chi connectivity index (χ2n) is 21.2. The van der Waals surface area contributed by atoms with Crippen LogP contribution in [0.2, 0.25) is 0 Å². The van der Waals surface area contributed by atoms with Gasteiger partial charge in [0.05, 0.1) is 60.9 Å². The second kappa shape index (κ2) is 16.0. The first-order valence-electron chi connectivity index (χ1n) is 27.2. The molecule has 0 saturated heterocycles. The number of hydrogen-bond donors (Lipinski definition) is 0. The molecule has 366 valence electrons. The Morgan fingerprint density at radius 1 is 0.266 bits per heavy atom. The lowest BCUT2D eigenvalue weighted by atomic mass is 9.34. The number of ether oxygens (including phenoxy) is 1. The van der Waals surface area contributed by atoms with E-state index in [4.69, 9.17) is 4.74 Å². The van der Waals surface area contributed by atoms with Gasteiger partial charge in [0.25, 0.3) is 6.71 Å². The van der Waals surface area contributed by atoms with Gasteiger partial charge in [-0.05, 0) is 107 Å². The van der Waals surface area contributed by atoms with Crippen LogP contribution in [0.5, 0.6) is 11.5 Å². The first kappa shape index (κ1) is 42.7. The van der Waals surface area contributed by atoms with Crippen LogP contribution in [0.1, 0.15) is 0 Å². The number of rotatable bonds is 5. The highest BCUT2D eigenvalue weighted by molar-refractivity contribution is 6.99. The van der Waals surface area contributed by atoms with Gasteiger partial charge in [-0.1, -0.05) is 170 Å². The third-order valence-corrected chi connectivity index (χ3v) is 17.2. The molecule has 18 rings (SSSR count). The molecular weight excluding hydrogens is 962 g/mol. The first-order valence-corrected chi connectivity index (χ1v) is 27.2. The van der Waals surface area contributed by atoms with Crippen LogP contribution in [0.3, 0.4) is 0 Å². The monoisotopic (exact) mass is 1010 g/mol. The molecular formula is C72H44BN5O. The maximum absolute atomic E-state index is 7.79. The molecule has 0 N–H and O–H groups in total. The minimum absolute atomic E-state index is 0.192. The van der Waals surface area contributed by atoms with Crippen molar-refractivity contribution in [2.24, 2.45) is 0 Å². The van der Waals surface area contributed by atoms with Crippen molar-refractivity contribution in [2.75, 3.05) is 4.90 Å². The van der Waals surface area contributed by atoms with Crippen molar-refractivity contribution in [1.29, 1.82) is 0 Å². The molecule has 7 heteroatoms. The first-order chi connectivity index (χ1) is 39.2. The number of benzene rings is 12. The van der Waals surface area contributed by atoms with Crippen LogP contribution in [-0.4, -0.2) is 25.0 Å². The van der Waals surface area contributed by atoms with E-state index in [0.29, 0.717) is 0 Å². The Bertz CT molecular complexity index is 5110. The van der Waals surface area contributed by atoms with E-state index in [1.807, 2.05) is 0 Å². The fourth-order valence-corrected chi connectivity index (χ4v) is 14.0. The summed E-state index contributed by atoms with van der Waals surface area (Å²) in [5.74, 6) is 1.73. The quantitative estimate of drug-likeness (QED) is 0.161. The van der Waals surface area contributed by atoms with Crippen molar-refractivity contribution in [1.82, 2.24) is 18.3 Å². The van der Waals surface area contributed by atoms with Gasteiger partial charge >= 0.3 is 0 Å². The average molecular weight is 1010 g/mol. The molecule has 6 nitrogen and oxygen atoms in total. The zero-order valence-corrected chi connectivity index (χ0v) is 42.6. The van der Waals surface area contributed by atoms with Crippen molar-refractivity contribution in [3.05, 3.63) is 267 Å². The van der Waals surface area contributed by atoms with Crippen LogP contribution in [0, 0.1) is 0 Å². The van der Waals surface area contributed by atoms with E-state index in [2.05, 4.69) is 290 Å². The molecule has 0 spiro atoms. The molecule has 0 fully saturated rings. The van der Waals surface area contributed by atoms with Gasteiger partial charge in [-0.15, -0.1) is 0 Å². The van der Waals surface area contributed by atoms with Crippen LogP contribution in [0.4, 0.5) is 17.1 Å². The Labute approximate surface area is 454 Å². The molecule has 2 aliphatic rings. The molecule has 2 aliphatic heterocycles. The molecule has 6 heterocycles. The molecule has 0 saturated carbocycles. The third-order valence-electron chi connectivity index (χ3n) is 17.2. The van der Waals surface area contributed by atoms with Gasteiger partial charge in [0.2, 0.25) is 0 Å². The van der Waals surface area contributed by atoms with Gasteiger partial charge in [0.15, 0.2) is 0 Å². The molecule has 0 amide bonds. The third kappa shape index (κ3) is 5.80. The minimum atomic E-state index is -0.192. The van der Waals surface area contributed by atoms with Crippen LogP contribution in [-0.2, 0) is 0 Å². The predicted molar refractivity (Wildman–Crippen MR) is 330 cm³/mol. The largest absolute Gasteiger partial charge is 0.458 e. The van der Waals surface area contributed by atoms with Gasteiger partial charge in [-0.3, -0.25) is 0 Å². The van der Waals surface area contributed by atoms with Gasteiger partial charge in [-0.25, -0.2) is 0 Å². The van der Waals surface area contributed by atoms with E-state index in [-0.39, 0.29) is 6.71 Å². The SMILES string of the molecule is c1ccc(-n2c3ccccc3c3c4c5c(cc32)N(c2ccccc2-n2c3ccccc3c3ccccc32)c2cc(-n3c6ccccc6c6ccccc63)ccc2B5c2ccc(-n3c5ccccc5c5ccccc53)cc2O4)cc1. The lowest BCUT2D eigenvalue weighted by Crippen LogP contribution is -2.59. The van der Waals surface area contributed by atoms with Gasteiger partial charge in [0, 0.05) is 72.2 Å². The molecule has 79 heavy (non-hydrogen) atoms. The van der Waals surface area contributed by atoms with Crippen LogP contribution < -0.4 is 26.0 Å². The van der Waals surface area contributed by atoms with E-state index in [1.165, 1.54) is 48.8 Å². The summed E-state index contributed by atoms with van der Waals surface area (Å²) in [6, 6.07) is 98.1. The van der Waals surface area contributed by atoms with Crippen molar-refractivity contribution in [3.8, 4) is 34.2 Å². The van der Waals surface area contributed by atoms with Crippen molar-refractivity contribution < 1.29 is 4.74 Å². The van der Waals surface area contributed by atoms with E-state index in [9.17, 15) is 0 Å². The van der Waals surface area contributed by atoms with Gasteiger partial charge < -0.3 is 27.9 Å². The van der Waals surface area contributed by atoms with Crippen molar-refractivity contribution in [2.45, 2.75) is 0 Å². The Balaban J connectivity index is 0.984. The number of aromatic nitrogens is 4. The summed E-state index contributed by atoms with van der Waals surface area (Å²) < 4.78 is 17.5. The van der Waals surface area contributed by atoms with E-state index in [1.54, 1.807) is 0 Å². The molecule has 16 aromatic rings. The average Bonchev–Trinajstić information content (AvgIpc) is 4.46. The van der Waals surface area contributed by atoms with Crippen LogP contribution in [0.15, 0.2) is 267 Å². The zero-order valence-electron chi connectivity index (χ0n) is 42.6. The molecule has 0 unspecified atom stereocenters. The number of nitrogens with zero attached hydrogens (tertiary/aromatic N) is 5. The van der Waals surface area contributed by atoms with E-state index in [0.717, 1.165) is 106 Å². The summed E-state index contributed by atoms with van der Waals surface area (Å²) in [5, 5.41) is 9.59. The highest BCUT2D eigenvalue weighted by Crippen LogP contribution is 2.50. The fraction of sp³-hybridized carbons (Fsp3) is 0. The predicted octanol–water partition coefficient (Wildman–Crippen LogP) is 16.5. The summed E-state index contributed by atoms with van der Waals surface area (Å²) in [7, 11) is 0. The van der Waals surface area contributed by atoms with Crippen molar-refractivity contribution >= 4 is 127 Å². The Morgan fingerprint density at radius 2 is 0.671 bits per heavy atom. The summed E-state index contributed by atoms with van der Waals surface area (Å²) in [6.07, 6.45) is 0. The maximum Gasteiger partial charge on any atom is 0.256 e. The second-order valence-corrected chi connectivity index (χ2v) is 21.2. The lowest BCUT2D eigenvalue weighted by Gasteiger charge is -2.41. The topological polar surface area (TPSA) is 32.2 Å². The molecule has 0 aliphatic carbocycles. The van der Waals surface area contributed by atoms with E-state index < -0.39 is 0 Å². The highest BCUT2D eigenvalue weighted by atomic mass is 16.5. The van der Waals surface area contributed by atoms with Gasteiger partial charge in [-0.2, -0.15) is 0 Å². The smallest absolute Gasteiger partial charge is 0.256 e. The zero-order chi connectivity index (χ0) is 51.4. The normalized spacial score (nSPS) is 12.9. The molecule has 0 radical (unpaired) electrons. The lowest BCUT2D eigenvalue weighted by molar-refractivity contribution is 0.493. The summed E-state index contributed by atoms with van der Waals surface area (Å²) in [6.45, 7) is -0.192. The van der Waals surface area contributed by atoms with Crippen LogP contribution in [0.25, 0.3) is 110 Å². The standard InChI is InChI=1S/C72H44BN5O/c1-2-20-45(21-3-1)74-63-35-17-10-28-54(63)70-67(74)44-68-71-72(70)79-69-43-47(76-59-31-13-6-24-50(59)51-25-7-14-32-60(51)76)39-41-56(69)73(71)55-40-38-46(75-57-29-11-4-22-48(57)49-23-5-12-30-58(49)75)42-66(55)78(68)65-37-19-18-36-64(65)77-61-33-15-8-26-52(61)53-27-9-16-34-62(53)77/h1-44H. The Morgan fingerprint density at radius 3 is 1.20 bits per heavy atom. The fourth-order valence-electron chi connectivity index (χ4n) is 14.0. The minimum Gasteiger partial charge on any atom is -0.458 e. The molecule has 4 aromatic heterocycles. The summed E-state index contributed by atoms with van der Waals surface area (Å²) >= 11 is 0. The van der Waals surface area contributed by atoms with Gasteiger partial charge in [0.1, 0.15) is 11.5 Å². The molecule has 0 atom stereocenters. The number of fused-ring (bicyclic) bond motifs is 17. The van der Waals surface area contributed by atoms with E-state index >= 15 is 0 Å². The number of para-hydroxylation sites is 10. The summed E-state index contributed by atoms with van der Waals surface area (Å²) in [4.78, 5) is 2.56. The number of anilines is 3. The number of hydrogen-bond acceptors (Lipinski definition) is 2. The molecule has 0 bridgehead atoms. The summed E-state index contributed by atoms with van der Waals surface area (Å²) in [5.41, 5.74) is 20.2.